The van der Waals surface area contributed by atoms with Crippen LogP contribution in [0, 0.1) is 0 Å². The van der Waals surface area contributed by atoms with E-state index >= 15 is 0 Å². The molecule has 7 nitrogen and oxygen atoms in total. The molecule has 106 valence electrons. The Kier molecular flexibility index (Phi) is 5.87. The maximum atomic E-state index is 11.8. The molecule has 0 aliphatic carbocycles. The van der Waals surface area contributed by atoms with Gasteiger partial charge in [0.25, 0.3) is 0 Å². The molecule has 0 saturated carbocycles. The molecular weight excluding hydrogens is 268 g/mol. The second-order valence-electron chi connectivity index (χ2n) is 4.04. The maximum absolute atomic E-state index is 11.8. The molecule has 0 fully saturated rings. The number of rotatable bonds is 7. The Morgan fingerprint density at radius 1 is 1.53 bits per heavy atom. The van der Waals surface area contributed by atoms with E-state index in [9.17, 15) is 13.2 Å². The number of sulfonamides is 1. The third kappa shape index (κ3) is 5.33. The first-order chi connectivity index (χ1) is 8.95. The summed E-state index contributed by atoms with van der Waals surface area (Å²) >= 11 is 0. The van der Waals surface area contributed by atoms with Crippen LogP contribution in [0.2, 0.25) is 0 Å². The number of hydrogen-bond donors (Lipinski definition) is 3. The molecule has 8 heteroatoms. The van der Waals surface area contributed by atoms with E-state index in [0.29, 0.717) is 6.54 Å². The molecule has 0 saturated heterocycles. The van der Waals surface area contributed by atoms with E-state index in [-0.39, 0.29) is 29.8 Å². The molecule has 0 aliphatic rings. The highest BCUT2D eigenvalue weighted by molar-refractivity contribution is 7.89. The zero-order valence-electron chi connectivity index (χ0n) is 10.7. The lowest BCUT2D eigenvalue weighted by atomic mass is 10.3. The van der Waals surface area contributed by atoms with Crippen LogP contribution >= 0.6 is 0 Å². The minimum atomic E-state index is -3.61. The van der Waals surface area contributed by atoms with Gasteiger partial charge in [0.15, 0.2) is 0 Å². The maximum Gasteiger partial charge on any atom is 0.242 e. The van der Waals surface area contributed by atoms with E-state index in [0.717, 1.165) is 0 Å². The van der Waals surface area contributed by atoms with Gasteiger partial charge >= 0.3 is 0 Å². The van der Waals surface area contributed by atoms with Crippen molar-refractivity contribution in [3.63, 3.8) is 0 Å². The molecule has 0 bridgehead atoms. The van der Waals surface area contributed by atoms with Crippen molar-refractivity contribution in [2.45, 2.75) is 24.3 Å². The summed E-state index contributed by atoms with van der Waals surface area (Å²) in [4.78, 5) is 15.2. The molecule has 1 heterocycles. The van der Waals surface area contributed by atoms with Crippen molar-refractivity contribution in [2.75, 3.05) is 13.1 Å². The van der Waals surface area contributed by atoms with Crippen molar-refractivity contribution in [3.05, 3.63) is 24.5 Å². The Hall–Kier alpha value is -1.51. The fourth-order valence-corrected chi connectivity index (χ4v) is 2.29. The van der Waals surface area contributed by atoms with Crippen molar-refractivity contribution in [1.29, 1.82) is 0 Å². The lowest BCUT2D eigenvalue weighted by Gasteiger charge is -2.11. The van der Waals surface area contributed by atoms with Crippen molar-refractivity contribution in [1.82, 2.24) is 15.0 Å². The van der Waals surface area contributed by atoms with E-state index in [1.807, 2.05) is 0 Å². The Balaban J connectivity index is 2.43. The molecule has 1 aromatic heterocycles. The summed E-state index contributed by atoms with van der Waals surface area (Å²) in [7, 11) is -3.61. The molecule has 1 aromatic rings. The SMILES string of the molecule is C[C@@H](CN)NC(=O)CCNS(=O)(=O)c1cccnc1. The van der Waals surface area contributed by atoms with E-state index in [1.165, 1.54) is 24.5 Å². The molecule has 0 spiro atoms. The second-order valence-corrected chi connectivity index (χ2v) is 5.81. The van der Waals surface area contributed by atoms with Crippen LogP contribution in [-0.2, 0) is 14.8 Å². The van der Waals surface area contributed by atoms with Crippen molar-refractivity contribution >= 4 is 15.9 Å². The fraction of sp³-hybridized carbons (Fsp3) is 0.455. The Morgan fingerprint density at radius 2 is 2.26 bits per heavy atom. The van der Waals surface area contributed by atoms with Crippen LogP contribution in [-0.4, -0.2) is 38.4 Å². The van der Waals surface area contributed by atoms with Gasteiger partial charge in [-0.1, -0.05) is 0 Å². The average molecular weight is 286 g/mol. The van der Waals surface area contributed by atoms with Gasteiger partial charge in [-0.2, -0.15) is 0 Å². The molecule has 4 N–H and O–H groups in total. The molecule has 19 heavy (non-hydrogen) atoms. The standard InChI is InChI=1S/C11H18N4O3S/c1-9(7-12)15-11(16)4-6-14-19(17,18)10-3-2-5-13-8-10/h2-3,5,8-9,14H,4,6-7,12H2,1H3,(H,15,16)/t9-/m0/s1. The van der Waals surface area contributed by atoms with Crippen LogP contribution < -0.4 is 15.8 Å². The third-order valence-corrected chi connectivity index (χ3v) is 3.80. The first-order valence-electron chi connectivity index (χ1n) is 5.85. The lowest BCUT2D eigenvalue weighted by Crippen LogP contribution is -2.39. The van der Waals surface area contributed by atoms with Gasteiger partial charge < -0.3 is 11.1 Å². The second kappa shape index (κ2) is 7.17. The zero-order valence-corrected chi connectivity index (χ0v) is 11.5. The summed E-state index contributed by atoms with van der Waals surface area (Å²) in [5.74, 6) is -0.244. The summed E-state index contributed by atoms with van der Waals surface area (Å²) in [6.07, 6.45) is 2.80. The molecule has 0 aromatic carbocycles. The van der Waals surface area contributed by atoms with Crippen LogP contribution in [0.1, 0.15) is 13.3 Å². The minimum absolute atomic E-state index is 0.0281. The number of carbonyl (C=O) groups excluding carboxylic acids is 1. The largest absolute Gasteiger partial charge is 0.352 e. The van der Waals surface area contributed by atoms with E-state index in [2.05, 4.69) is 15.0 Å². The third-order valence-electron chi connectivity index (χ3n) is 2.35. The smallest absolute Gasteiger partial charge is 0.242 e. The van der Waals surface area contributed by atoms with E-state index in [4.69, 9.17) is 5.73 Å². The van der Waals surface area contributed by atoms with Gasteiger partial charge in [-0.15, -0.1) is 0 Å². The van der Waals surface area contributed by atoms with Crippen LogP contribution in [0.5, 0.6) is 0 Å². The molecular formula is C11H18N4O3S. The molecule has 0 radical (unpaired) electrons. The minimum Gasteiger partial charge on any atom is -0.352 e. The van der Waals surface area contributed by atoms with Crippen LogP contribution in [0.25, 0.3) is 0 Å². The number of aromatic nitrogens is 1. The number of amides is 1. The van der Waals surface area contributed by atoms with Gasteiger partial charge in [-0.05, 0) is 19.1 Å². The molecule has 1 rings (SSSR count). The van der Waals surface area contributed by atoms with E-state index in [1.54, 1.807) is 6.92 Å². The number of carbonyl (C=O) groups is 1. The highest BCUT2D eigenvalue weighted by Gasteiger charge is 2.14. The molecule has 1 atom stereocenters. The first kappa shape index (κ1) is 15.5. The summed E-state index contributed by atoms with van der Waals surface area (Å²) < 4.78 is 25.9. The number of nitrogens with one attached hydrogen (secondary N) is 2. The Morgan fingerprint density at radius 3 is 2.84 bits per heavy atom. The number of nitrogens with zero attached hydrogens (tertiary/aromatic N) is 1. The van der Waals surface area contributed by atoms with Crippen molar-refractivity contribution in [2.24, 2.45) is 5.73 Å². The Bertz CT molecular complexity index is 504. The average Bonchev–Trinajstić information content (AvgIpc) is 2.39. The van der Waals surface area contributed by atoms with Gasteiger partial charge in [-0.25, -0.2) is 13.1 Å². The predicted octanol–water partition coefficient (Wildman–Crippen LogP) is -0.787. The topological polar surface area (TPSA) is 114 Å². The molecule has 0 unspecified atom stereocenters. The number of hydrogen-bond acceptors (Lipinski definition) is 5. The highest BCUT2D eigenvalue weighted by atomic mass is 32.2. The zero-order chi connectivity index (χ0) is 14.3. The number of nitrogens with two attached hydrogens (primary N) is 1. The van der Waals surface area contributed by atoms with Gasteiger partial charge in [0.05, 0.1) is 0 Å². The number of pyridine rings is 1. The summed E-state index contributed by atoms with van der Waals surface area (Å²) in [6.45, 7) is 2.14. The van der Waals surface area contributed by atoms with Gasteiger partial charge in [0.2, 0.25) is 15.9 Å². The first-order valence-corrected chi connectivity index (χ1v) is 7.33. The molecule has 1 amide bonds. The van der Waals surface area contributed by atoms with Crippen molar-refractivity contribution in [3.8, 4) is 0 Å². The summed E-state index contributed by atoms with van der Waals surface area (Å²) in [5.41, 5.74) is 5.36. The van der Waals surface area contributed by atoms with Crippen LogP contribution in [0.4, 0.5) is 0 Å². The molecule has 0 aliphatic heterocycles. The summed E-state index contributed by atoms with van der Waals surface area (Å²) in [6, 6.07) is 2.85. The Labute approximate surface area is 112 Å². The van der Waals surface area contributed by atoms with Gasteiger partial charge in [-0.3, -0.25) is 9.78 Å². The lowest BCUT2D eigenvalue weighted by molar-refractivity contribution is -0.121. The van der Waals surface area contributed by atoms with E-state index < -0.39 is 10.0 Å². The fourth-order valence-electron chi connectivity index (χ4n) is 1.29. The van der Waals surface area contributed by atoms with Gasteiger partial charge in [0.1, 0.15) is 4.90 Å². The quantitative estimate of drug-likeness (QED) is 0.608. The van der Waals surface area contributed by atoms with Crippen LogP contribution in [0.3, 0.4) is 0 Å². The predicted molar refractivity (Wildman–Crippen MR) is 70.7 cm³/mol. The van der Waals surface area contributed by atoms with Crippen LogP contribution in [0.15, 0.2) is 29.4 Å². The van der Waals surface area contributed by atoms with Gasteiger partial charge in [0, 0.05) is 37.9 Å². The monoisotopic (exact) mass is 286 g/mol. The highest BCUT2D eigenvalue weighted by Crippen LogP contribution is 2.04. The van der Waals surface area contributed by atoms with Crippen molar-refractivity contribution < 1.29 is 13.2 Å². The normalized spacial score (nSPS) is 12.9. The summed E-state index contributed by atoms with van der Waals surface area (Å²) in [5, 5.41) is 2.64.